The fraction of sp³-hybridized carbons (Fsp3) is 0.0645. The van der Waals surface area contributed by atoms with Crippen LogP contribution in [0.2, 0.25) is 0 Å². The van der Waals surface area contributed by atoms with Crippen LogP contribution in [0.4, 0.5) is 26.3 Å². The smallest absolute Gasteiger partial charge is 0.403 e. The fourth-order valence-corrected chi connectivity index (χ4v) is 4.57. The van der Waals surface area contributed by atoms with E-state index in [1.54, 1.807) is 12.1 Å². The summed E-state index contributed by atoms with van der Waals surface area (Å²) in [4.78, 5) is 29.0. The Labute approximate surface area is 273 Å². The average Bonchev–Trinajstić information content (AvgIpc) is 3.70. The number of halogens is 6. The number of aromatic nitrogens is 3. The molecule has 0 bridgehead atoms. The van der Waals surface area contributed by atoms with Gasteiger partial charge in [-0.1, -0.05) is 12.1 Å². The van der Waals surface area contributed by atoms with Crippen LogP contribution in [0.25, 0.3) is 22.5 Å². The van der Waals surface area contributed by atoms with Crippen LogP contribution in [0.1, 0.15) is 22.8 Å². The Morgan fingerprint density at radius 1 is 0.580 bits per heavy atom. The number of nitrogens with zero attached hydrogens (tertiary/aromatic N) is 11. The van der Waals surface area contributed by atoms with Crippen LogP contribution >= 0.6 is 0 Å². The molecule has 6 rings (SSSR count). The summed E-state index contributed by atoms with van der Waals surface area (Å²) in [7, 11) is 0. The zero-order chi connectivity index (χ0) is 35.8. The standard InChI is InChI=1S/C31H9F6N11O2/c32-30(33,34)49-21-5-1-3-19-23(21)44-26(42-19)17(12-40)28-46-25(16-8-14(10-38)7-15(9-16)11-39)47-29(48-28)18(13-41)27-43-20-4-2-6-22(24(20)45-27)50-31(35,36)37/h1-9H/b26-17+,27-18+. The Kier molecular flexibility index (Phi) is 7.95. The van der Waals surface area contributed by atoms with Gasteiger partial charge in [-0.05, 0) is 42.5 Å². The molecule has 0 spiro atoms. The Morgan fingerprint density at radius 2 is 1.02 bits per heavy atom. The highest BCUT2D eigenvalue weighted by atomic mass is 19.4. The van der Waals surface area contributed by atoms with E-state index in [1.807, 2.05) is 12.1 Å². The van der Waals surface area contributed by atoms with Crippen molar-refractivity contribution in [2.24, 2.45) is 20.0 Å². The van der Waals surface area contributed by atoms with E-state index >= 15 is 0 Å². The van der Waals surface area contributed by atoms with E-state index in [1.165, 1.54) is 42.5 Å². The maximum absolute atomic E-state index is 13.0. The largest absolute Gasteiger partial charge is 0.573 e. The van der Waals surface area contributed by atoms with Gasteiger partial charge in [0.1, 0.15) is 34.0 Å². The molecule has 50 heavy (non-hydrogen) atoms. The summed E-state index contributed by atoms with van der Waals surface area (Å²) in [5.41, 5.74) is -1.01. The summed E-state index contributed by atoms with van der Waals surface area (Å²) in [5.74, 6) is -3.68. The normalized spacial score (nSPS) is 14.8. The topological polar surface area (TPSA) is 202 Å². The van der Waals surface area contributed by atoms with E-state index in [0.717, 1.165) is 12.1 Å². The predicted molar refractivity (Wildman–Crippen MR) is 151 cm³/mol. The van der Waals surface area contributed by atoms with E-state index in [-0.39, 0.29) is 43.9 Å². The van der Waals surface area contributed by atoms with Crippen LogP contribution in [0.3, 0.4) is 0 Å². The molecular formula is C31H9F6N11O2. The van der Waals surface area contributed by atoms with E-state index in [9.17, 15) is 47.4 Å². The predicted octanol–water partition coefficient (Wildman–Crippen LogP) is 3.37. The molecule has 0 unspecified atom stereocenters. The van der Waals surface area contributed by atoms with Crippen molar-refractivity contribution in [2.75, 3.05) is 0 Å². The molecule has 0 aliphatic carbocycles. The number of alkyl halides is 6. The summed E-state index contributed by atoms with van der Waals surface area (Å²) in [6.45, 7) is 0. The van der Waals surface area contributed by atoms with Crippen molar-refractivity contribution < 1.29 is 35.8 Å². The number of fused-ring (bicyclic) bond motifs is 2. The first-order valence-corrected chi connectivity index (χ1v) is 13.4. The number of allylic oxidation sites excluding steroid dienone is 2. The van der Waals surface area contributed by atoms with Crippen LogP contribution in [-0.2, 0) is 0 Å². The van der Waals surface area contributed by atoms with Crippen molar-refractivity contribution in [3.8, 4) is 47.2 Å². The van der Waals surface area contributed by atoms with Crippen molar-refractivity contribution in [3.63, 3.8) is 0 Å². The van der Waals surface area contributed by atoms with E-state index in [4.69, 9.17) is 0 Å². The Hall–Kier alpha value is -7.51. The second kappa shape index (κ2) is 12.3. The minimum absolute atomic E-state index is 0.00200. The highest BCUT2D eigenvalue weighted by Crippen LogP contribution is 2.28. The maximum atomic E-state index is 13.0. The molecule has 0 atom stereocenters. The van der Waals surface area contributed by atoms with Crippen molar-refractivity contribution >= 4 is 11.1 Å². The number of para-hydroxylation sites is 2. The first-order valence-electron chi connectivity index (χ1n) is 13.4. The molecule has 3 heterocycles. The van der Waals surface area contributed by atoms with Gasteiger partial charge in [-0.25, -0.2) is 34.9 Å². The lowest BCUT2D eigenvalue weighted by molar-refractivity contribution is -0.276. The lowest BCUT2D eigenvalue weighted by Gasteiger charge is -2.08. The van der Waals surface area contributed by atoms with Crippen LogP contribution in [-0.4, -0.2) is 27.7 Å². The third-order valence-corrected chi connectivity index (χ3v) is 6.50. The van der Waals surface area contributed by atoms with Crippen molar-refractivity contribution in [3.05, 3.63) is 110 Å². The molecule has 0 radical (unpaired) electrons. The molecule has 4 aromatic rings. The summed E-state index contributed by atoms with van der Waals surface area (Å²) in [5, 5.41) is 38.5. The lowest BCUT2D eigenvalue weighted by atomic mass is 10.1. The van der Waals surface area contributed by atoms with Crippen molar-refractivity contribution in [1.29, 1.82) is 21.0 Å². The number of hydrogen-bond donors (Lipinski definition) is 0. The van der Waals surface area contributed by atoms with Gasteiger partial charge in [0.25, 0.3) is 0 Å². The van der Waals surface area contributed by atoms with Gasteiger partial charge in [0, 0.05) is 5.56 Å². The third-order valence-electron chi connectivity index (χ3n) is 6.50. The quantitative estimate of drug-likeness (QED) is 0.224. The molecule has 2 aliphatic rings. The Bertz CT molecular complexity index is 2470. The highest BCUT2D eigenvalue weighted by Gasteiger charge is 2.33. The summed E-state index contributed by atoms with van der Waals surface area (Å²) in [6, 6.07) is 18.2. The molecule has 1 aromatic heterocycles. The lowest BCUT2D eigenvalue weighted by Crippen LogP contribution is -2.28. The maximum Gasteiger partial charge on any atom is 0.573 e. The Balaban J connectivity index is 1.61. The monoisotopic (exact) mass is 681 g/mol. The van der Waals surface area contributed by atoms with Crippen LogP contribution in [0, 0.1) is 45.3 Å². The van der Waals surface area contributed by atoms with Crippen LogP contribution < -0.4 is 30.9 Å². The molecule has 3 aromatic carbocycles. The molecule has 13 nitrogen and oxygen atoms in total. The van der Waals surface area contributed by atoms with Gasteiger partial charge < -0.3 is 9.47 Å². The number of nitriles is 4. The zero-order valence-electron chi connectivity index (χ0n) is 24.2. The van der Waals surface area contributed by atoms with Gasteiger partial charge >= 0.3 is 12.7 Å². The molecule has 0 N–H and O–H groups in total. The van der Waals surface area contributed by atoms with Crippen LogP contribution in [0.15, 0.2) is 86.2 Å². The molecule has 242 valence electrons. The first kappa shape index (κ1) is 32.4. The molecular weight excluding hydrogens is 672 g/mol. The SMILES string of the molecule is N#C/C(=C1/N=c2cccc(OC(F)(F)F)c2=N1)c1nc(/C(C#N)=C2\N=c3cccc(OC(F)(F)F)c3=N2)nc(-c2cc(C#N)cc(C#N)c2)n1. The highest BCUT2D eigenvalue weighted by molar-refractivity contribution is 5.80. The van der Waals surface area contributed by atoms with Gasteiger partial charge in [-0.3, -0.25) is 0 Å². The second-order valence-electron chi connectivity index (χ2n) is 9.74. The third kappa shape index (κ3) is 6.51. The van der Waals surface area contributed by atoms with Gasteiger partial charge in [0.2, 0.25) is 0 Å². The molecule has 0 fully saturated rings. The van der Waals surface area contributed by atoms with E-state index < -0.39 is 58.7 Å². The van der Waals surface area contributed by atoms with E-state index in [2.05, 4.69) is 44.4 Å². The van der Waals surface area contributed by atoms with Gasteiger partial charge in [-0.15, -0.1) is 26.3 Å². The summed E-state index contributed by atoms with van der Waals surface area (Å²) in [6.07, 6.45) is -10.2. The van der Waals surface area contributed by atoms with Crippen LogP contribution in [0.5, 0.6) is 11.5 Å². The first-order chi connectivity index (χ1) is 23.8. The second-order valence-corrected chi connectivity index (χ2v) is 9.74. The summed E-state index contributed by atoms with van der Waals surface area (Å²) < 4.78 is 86.3. The minimum atomic E-state index is -5.08. The van der Waals surface area contributed by atoms with Gasteiger partial charge in [-0.2, -0.15) is 21.0 Å². The molecule has 0 saturated heterocycles. The number of rotatable bonds is 5. The molecule has 0 saturated carbocycles. The van der Waals surface area contributed by atoms with Crippen molar-refractivity contribution in [2.45, 2.75) is 12.7 Å². The summed E-state index contributed by atoms with van der Waals surface area (Å²) >= 11 is 0. The number of ether oxygens (including phenoxy) is 2. The molecule has 19 heteroatoms. The molecule has 2 aliphatic heterocycles. The van der Waals surface area contributed by atoms with Gasteiger partial charge in [0.05, 0.1) is 34.0 Å². The zero-order valence-corrected chi connectivity index (χ0v) is 24.2. The van der Waals surface area contributed by atoms with Crippen molar-refractivity contribution in [1.82, 2.24) is 15.0 Å². The number of benzene rings is 3. The Morgan fingerprint density at radius 3 is 1.40 bits per heavy atom. The average molecular weight is 681 g/mol. The van der Waals surface area contributed by atoms with E-state index in [0.29, 0.717) is 0 Å². The fourth-order valence-electron chi connectivity index (χ4n) is 4.57. The number of hydrogen-bond acceptors (Lipinski definition) is 13. The molecule has 0 amide bonds. The minimum Gasteiger partial charge on any atom is -0.403 e. The van der Waals surface area contributed by atoms with Gasteiger partial charge in [0.15, 0.2) is 40.6 Å².